The van der Waals surface area contributed by atoms with Crippen LogP contribution >= 0.6 is 0 Å². The molecular weight excluding hydrogens is 436 g/mol. The summed E-state index contributed by atoms with van der Waals surface area (Å²) in [6.45, 7) is -2.66. The first-order chi connectivity index (χ1) is 14.6. The number of benzene rings is 1. The zero-order chi connectivity index (χ0) is 22.6. The van der Waals surface area contributed by atoms with Gasteiger partial charge in [-0.3, -0.25) is 15.0 Å². The highest BCUT2D eigenvalue weighted by Crippen LogP contribution is 2.32. The van der Waals surface area contributed by atoms with Crippen molar-refractivity contribution in [2.75, 3.05) is 25.2 Å². The third-order valence-electron chi connectivity index (χ3n) is 5.06. The molecule has 3 rings (SSSR count). The lowest BCUT2D eigenvalue weighted by Crippen LogP contribution is -2.48. The predicted octanol–water partition coefficient (Wildman–Crippen LogP) is 1.27. The molecule has 1 aliphatic carbocycles. The van der Waals surface area contributed by atoms with Crippen molar-refractivity contribution >= 4 is 21.8 Å². The van der Waals surface area contributed by atoms with E-state index in [-0.39, 0.29) is 35.6 Å². The fourth-order valence-corrected chi connectivity index (χ4v) is 5.15. The second kappa shape index (κ2) is 9.77. The zero-order valence-corrected chi connectivity index (χ0v) is 17.8. The number of alkyl halides is 2. The van der Waals surface area contributed by atoms with Crippen molar-refractivity contribution in [1.82, 2.24) is 15.5 Å². The van der Waals surface area contributed by atoms with E-state index in [1.54, 1.807) is 12.1 Å². The minimum Gasteiger partial charge on any atom is -0.493 e. The third-order valence-corrected chi connectivity index (χ3v) is 6.83. The highest BCUT2D eigenvalue weighted by molar-refractivity contribution is 7.91. The molecule has 31 heavy (non-hydrogen) atoms. The van der Waals surface area contributed by atoms with Gasteiger partial charge in [0.2, 0.25) is 5.91 Å². The predicted molar refractivity (Wildman–Crippen MR) is 107 cm³/mol. The highest BCUT2D eigenvalue weighted by Gasteiger charge is 2.32. The molecule has 172 valence electrons. The fourth-order valence-electron chi connectivity index (χ4n) is 3.47. The molecule has 1 heterocycles. The smallest absolute Gasteiger partial charge is 0.387 e. The van der Waals surface area contributed by atoms with E-state index in [0.717, 1.165) is 18.4 Å². The molecule has 3 amide bonds. The number of halogens is 2. The summed E-state index contributed by atoms with van der Waals surface area (Å²) in [6, 6.07) is 3.52. The summed E-state index contributed by atoms with van der Waals surface area (Å²) in [5.41, 5.74) is 0.735. The van der Waals surface area contributed by atoms with Gasteiger partial charge in [-0.05, 0) is 37.0 Å². The number of carbonyl (C=O) groups is 2. The van der Waals surface area contributed by atoms with Gasteiger partial charge >= 0.3 is 12.6 Å². The lowest BCUT2D eigenvalue weighted by atomic mass is 10.2. The van der Waals surface area contributed by atoms with Crippen molar-refractivity contribution in [1.29, 1.82) is 0 Å². The minimum absolute atomic E-state index is 0.0198. The number of methoxy groups -OCH3 is 1. The Morgan fingerprint density at radius 1 is 1.23 bits per heavy atom. The number of imide groups is 1. The molecular formula is C19H25F2N3O6S. The molecule has 0 bridgehead atoms. The molecule has 12 heteroatoms. The normalized spacial score (nSPS) is 20.0. The summed E-state index contributed by atoms with van der Waals surface area (Å²) in [4.78, 5) is 26.2. The Labute approximate surface area is 179 Å². The van der Waals surface area contributed by atoms with E-state index in [2.05, 4.69) is 15.4 Å². The second-order valence-corrected chi connectivity index (χ2v) is 9.85. The van der Waals surface area contributed by atoms with Crippen LogP contribution in [0.15, 0.2) is 18.2 Å². The first-order valence-corrected chi connectivity index (χ1v) is 11.6. The number of hydrogen-bond donors (Lipinski definition) is 2. The van der Waals surface area contributed by atoms with Gasteiger partial charge < -0.3 is 14.8 Å². The van der Waals surface area contributed by atoms with Gasteiger partial charge in [-0.15, -0.1) is 0 Å². The van der Waals surface area contributed by atoms with E-state index in [1.165, 1.54) is 13.2 Å². The lowest BCUT2D eigenvalue weighted by molar-refractivity contribution is -0.121. The van der Waals surface area contributed by atoms with E-state index in [1.807, 2.05) is 4.90 Å². The van der Waals surface area contributed by atoms with Crippen LogP contribution in [-0.4, -0.2) is 69.1 Å². The van der Waals surface area contributed by atoms with E-state index < -0.39 is 34.4 Å². The number of rotatable bonds is 9. The Bertz CT molecular complexity index is 923. The number of amides is 3. The van der Waals surface area contributed by atoms with Crippen LogP contribution in [0.5, 0.6) is 11.5 Å². The van der Waals surface area contributed by atoms with Gasteiger partial charge in [0, 0.05) is 18.6 Å². The first kappa shape index (κ1) is 23.2. The molecule has 9 nitrogen and oxygen atoms in total. The van der Waals surface area contributed by atoms with Gasteiger partial charge in [-0.1, -0.05) is 6.07 Å². The summed E-state index contributed by atoms with van der Waals surface area (Å²) in [5, 5.41) is 4.74. The van der Waals surface area contributed by atoms with Crippen molar-refractivity contribution in [3.63, 3.8) is 0 Å². The zero-order valence-electron chi connectivity index (χ0n) is 17.0. The Morgan fingerprint density at radius 3 is 2.55 bits per heavy atom. The summed E-state index contributed by atoms with van der Waals surface area (Å²) in [5.74, 6) is -0.552. The van der Waals surface area contributed by atoms with Gasteiger partial charge in [-0.2, -0.15) is 8.78 Å². The van der Waals surface area contributed by atoms with Crippen LogP contribution in [-0.2, 0) is 21.2 Å². The summed E-state index contributed by atoms with van der Waals surface area (Å²) < 4.78 is 57.4. The second-order valence-electron chi connectivity index (χ2n) is 7.62. The number of nitrogens with zero attached hydrogens (tertiary/aromatic N) is 1. The van der Waals surface area contributed by atoms with Crippen LogP contribution in [0.4, 0.5) is 13.6 Å². The average Bonchev–Trinajstić information content (AvgIpc) is 3.46. The van der Waals surface area contributed by atoms with Gasteiger partial charge in [0.1, 0.15) is 0 Å². The molecule has 0 aromatic heterocycles. The minimum atomic E-state index is -3.14. The SMILES string of the molecule is COc1cc(CN(CC(=O)NC(=O)NC2CCS(=O)(=O)C2)C2CC2)ccc1OC(F)F. The number of sulfone groups is 1. The molecule has 1 atom stereocenters. The molecule has 2 N–H and O–H groups in total. The molecule has 2 aliphatic rings. The van der Waals surface area contributed by atoms with Gasteiger partial charge in [0.05, 0.1) is 25.2 Å². The number of urea groups is 1. The molecule has 1 saturated heterocycles. The van der Waals surface area contributed by atoms with Gasteiger partial charge in [-0.25, -0.2) is 13.2 Å². The van der Waals surface area contributed by atoms with Crippen LogP contribution in [0, 0.1) is 0 Å². The topological polar surface area (TPSA) is 114 Å². The van der Waals surface area contributed by atoms with Crippen LogP contribution in [0.2, 0.25) is 0 Å². The van der Waals surface area contributed by atoms with Crippen LogP contribution in [0.3, 0.4) is 0 Å². The van der Waals surface area contributed by atoms with Crippen LogP contribution in [0.1, 0.15) is 24.8 Å². The number of ether oxygens (including phenoxy) is 2. The number of hydrogen-bond acceptors (Lipinski definition) is 7. The Hall–Kier alpha value is -2.47. The number of nitrogens with one attached hydrogen (secondary N) is 2. The summed E-state index contributed by atoms with van der Waals surface area (Å²) in [6.07, 6.45) is 2.14. The van der Waals surface area contributed by atoms with Crippen molar-refractivity contribution < 1.29 is 36.3 Å². The molecule has 2 fully saturated rings. The molecule has 1 aromatic rings. The first-order valence-electron chi connectivity index (χ1n) is 9.82. The standard InChI is InChI=1S/C19H25F2N3O6S/c1-29-16-8-12(2-5-15(16)30-18(20)21)9-24(14-3-4-14)10-17(25)23-19(26)22-13-6-7-31(27,28)11-13/h2,5,8,13-14,18H,3-4,6-7,9-11H2,1H3,(H2,22,23,25,26). The molecule has 0 spiro atoms. The van der Waals surface area contributed by atoms with Crippen molar-refractivity contribution in [3.8, 4) is 11.5 Å². The monoisotopic (exact) mass is 461 g/mol. The maximum absolute atomic E-state index is 12.5. The van der Waals surface area contributed by atoms with E-state index in [0.29, 0.717) is 13.0 Å². The molecule has 1 aliphatic heterocycles. The molecule has 1 aromatic carbocycles. The van der Waals surface area contributed by atoms with Crippen molar-refractivity contribution in [2.24, 2.45) is 0 Å². The maximum atomic E-state index is 12.5. The van der Waals surface area contributed by atoms with Gasteiger partial charge in [0.15, 0.2) is 21.3 Å². The van der Waals surface area contributed by atoms with E-state index in [4.69, 9.17) is 4.74 Å². The summed E-state index contributed by atoms with van der Waals surface area (Å²) in [7, 11) is -1.79. The Balaban J connectivity index is 1.55. The van der Waals surface area contributed by atoms with E-state index >= 15 is 0 Å². The highest BCUT2D eigenvalue weighted by atomic mass is 32.2. The Morgan fingerprint density at radius 2 is 1.97 bits per heavy atom. The molecule has 0 radical (unpaired) electrons. The largest absolute Gasteiger partial charge is 0.493 e. The Kier molecular flexibility index (Phi) is 7.31. The van der Waals surface area contributed by atoms with Crippen LogP contribution < -0.4 is 20.1 Å². The van der Waals surface area contributed by atoms with Gasteiger partial charge in [0.25, 0.3) is 0 Å². The van der Waals surface area contributed by atoms with Crippen LogP contribution in [0.25, 0.3) is 0 Å². The maximum Gasteiger partial charge on any atom is 0.387 e. The number of carbonyl (C=O) groups excluding carboxylic acids is 2. The third kappa shape index (κ3) is 7.03. The summed E-state index contributed by atoms with van der Waals surface area (Å²) >= 11 is 0. The quantitative estimate of drug-likeness (QED) is 0.569. The fraction of sp³-hybridized carbons (Fsp3) is 0.579. The average molecular weight is 461 g/mol. The lowest BCUT2D eigenvalue weighted by Gasteiger charge is -2.22. The van der Waals surface area contributed by atoms with E-state index in [9.17, 15) is 26.8 Å². The van der Waals surface area contributed by atoms with Crippen molar-refractivity contribution in [3.05, 3.63) is 23.8 Å². The molecule has 1 unspecified atom stereocenters. The molecule has 1 saturated carbocycles. The van der Waals surface area contributed by atoms with Crippen molar-refractivity contribution in [2.45, 2.75) is 44.5 Å².